The van der Waals surface area contributed by atoms with Gasteiger partial charge in [-0.2, -0.15) is 0 Å². The monoisotopic (exact) mass is 359 g/mol. The largest absolute Gasteiger partial charge is 0.497 e. The number of anilines is 1. The average Bonchev–Trinajstić information content (AvgIpc) is 2.68. The number of piperidine rings is 2. The highest BCUT2D eigenvalue weighted by atomic mass is 16.5. The number of benzene rings is 1. The van der Waals surface area contributed by atoms with Gasteiger partial charge in [0.25, 0.3) is 0 Å². The summed E-state index contributed by atoms with van der Waals surface area (Å²) in [6.45, 7) is 8.30. The van der Waals surface area contributed by atoms with E-state index in [2.05, 4.69) is 29.0 Å². The van der Waals surface area contributed by atoms with E-state index in [-0.39, 0.29) is 5.92 Å². The number of hydrogen-bond donors (Lipinski definition) is 1. The molecule has 0 bridgehead atoms. The van der Waals surface area contributed by atoms with Crippen molar-refractivity contribution in [1.29, 1.82) is 0 Å². The van der Waals surface area contributed by atoms with Gasteiger partial charge in [0, 0.05) is 36.8 Å². The maximum absolute atomic E-state index is 13.0. The van der Waals surface area contributed by atoms with Crippen LogP contribution in [0.3, 0.4) is 0 Å². The third-order valence-corrected chi connectivity index (χ3v) is 5.80. The first-order valence-corrected chi connectivity index (χ1v) is 10.00. The third-order valence-electron chi connectivity index (χ3n) is 5.80. The van der Waals surface area contributed by atoms with Gasteiger partial charge < -0.3 is 19.9 Å². The summed E-state index contributed by atoms with van der Waals surface area (Å²) in [6, 6.07) is 8.94. The van der Waals surface area contributed by atoms with Gasteiger partial charge >= 0.3 is 0 Å². The zero-order valence-corrected chi connectivity index (χ0v) is 16.4. The average molecular weight is 360 g/mol. The van der Waals surface area contributed by atoms with E-state index in [0.29, 0.717) is 18.0 Å². The summed E-state index contributed by atoms with van der Waals surface area (Å²) in [5.41, 5.74) is 1.09. The Bertz CT molecular complexity index is 579. The van der Waals surface area contributed by atoms with Gasteiger partial charge in [0.15, 0.2) is 0 Å². The molecular formula is C21H33N3O2. The molecule has 0 saturated carbocycles. The number of methoxy groups -OCH3 is 1. The molecule has 0 unspecified atom stereocenters. The van der Waals surface area contributed by atoms with Crippen molar-refractivity contribution in [1.82, 2.24) is 9.80 Å². The lowest BCUT2D eigenvalue weighted by atomic mass is 9.93. The minimum Gasteiger partial charge on any atom is -0.497 e. The van der Waals surface area contributed by atoms with Crippen LogP contribution in [0.2, 0.25) is 0 Å². The molecule has 0 aliphatic carbocycles. The summed E-state index contributed by atoms with van der Waals surface area (Å²) in [4.78, 5) is 17.6. The predicted octanol–water partition coefficient (Wildman–Crippen LogP) is 3.22. The van der Waals surface area contributed by atoms with Gasteiger partial charge in [-0.15, -0.1) is 0 Å². The van der Waals surface area contributed by atoms with Crippen molar-refractivity contribution in [3.05, 3.63) is 24.3 Å². The van der Waals surface area contributed by atoms with Crippen molar-refractivity contribution in [3.63, 3.8) is 0 Å². The van der Waals surface area contributed by atoms with Crippen LogP contribution in [0, 0.1) is 5.92 Å². The molecule has 1 amide bonds. The molecule has 26 heavy (non-hydrogen) atoms. The number of rotatable bonds is 5. The first kappa shape index (κ1) is 19.0. The van der Waals surface area contributed by atoms with Crippen LogP contribution < -0.4 is 10.1 Å². The van der Waals surface area contributed by atoms with Crippen LogP contribution in [-0.2, 0) is 4.79 Å². The minimum atomic E-state index is 0.213. The number of nitrogens with one attached hydrogen (secondary N) is 1. The zero-order chi connectivity index (χ0) is 18.5. The second-order valence-corrected chi connectivity index (χ2v) is 7.90. The molecule has 0 radical (unpaired) electrons. The van der Waals surface area contributed by atoms with Crippen molar-refractivity contribution in [2.75, 3.05) is 38.6 Å². The van der Waals surface area contributed by atoms with E-state index in [9.17, 15) is 4.79 Å². The van der Waals surface area contributed by atoms with Crippen molar-refractivity contribution in [2.24, 2.45) is 5.92 Å². The highest BCUT2D eigenvalue weighted by Crippen LogP contribution is 2.24. The van der Waals surface area contributed by atoms with Gasteiger partial charge in [-0.05, 0) is 76.9 Å². The second kappa shape index (κ2) is 8.76. The third kappa shape index (κ3) is 4.70. The first-order valence-electron chi connectivity index (χ1n) is 10.00. The summed E-state index contributed by atoms with van der Waals surface area (Å²) in [7, 11) is 1.68. The molecule has 2 fully saturated rings. The molecule has 2 heterocycles. The molecule has 5 heteroatoms. The van der Waals surface area contributed by atoms with E-state index >= 15 is 0 Å². The van der Waals surface area contributed by atoms with Gasteiger partial charge in [0.1, 0.15) is 5.75 Å². The SMILES string of the molecule is COc1ccc(N[C@@H]2CCCN(C(=O)C3CCN(C(C)C)CC3)C2)cc1. The van der Waals surface area contributed by atoms with Crippen molar-refractivity contribution in [2.45, 2.75) is 51.6 Å². The van der Waals surface area contributed by atoms with Crippen LogP contribution in [-0.4, -0.2) is 61.1 Å². The van der Waals surface area contributed by atoms with E-state index in [1.54, 1.807) is 7.11 Å². The molecule has 1 N–H and O–H groups in total. The highest BCUT2D eigenvalue weighted by Gasteiger charge is 2.31. The number of hydrogen-bond acceptors (Lipinski definition) is 4. The number of nitrogens with zero attached hydrogens (tertiary/aromatic N) is 2. The molecular weight excluding hydrogens is 326 g/mol. The minimum absolute atomic E-state index is 0.213. The Balaban J connectivity index is 1.52. The normalized spacial score (nSPS) is 22.5. The molecule has 1 aromatic rings. The lowest BCUT2D eigenvalue weighted by molar-refractivity contribution is -0.138. The molecule has 2 saturated heterocycles. The van der Waals surface area contributed by atoms with E-state index < -0.39 is 0 Å². The van der Waals surface area contributed by atoms with Crippen LogP contribution in [0.25, 0.3) is 0 Å². The molecule has 1 aromatic carbocycles. The molecule has 2 aliphatic rings. The Hall–Kier alpha value is -1.75. The Kier molecular flexibility index (Phi) is 6.41. The number of amides is 1. The van der Waals surface area contributed by atoms with Gasteiger partial charge in [0.2, 0.25) is 5.91 Å². The molecule has 0 spiro atoms. The maximum Gasteiger partial charge on any atom is 0.225 e. The first-order chi connectivity index (χ1) is 12.6. The molecule has 2 aliphatic heterocycles. The number of likely N-dealkylation sites (tertiary alicyclic amines) is 2. The number of ether oxygens (including phenoxy) is 1. The molecule has 144 valence electrons. The molecule has 0 aromatic heterocycles. The van der Waals surface area contributed by atoms with Gasteiger partial charge in [-0.25, -0.2) is 0 Å². The summed E-state index contributed by atoms with van der Waals surface area (Å²) in [6.07, 6.45) is 4.19. The number of carbonyl (C=O) groups excluding carboxylic acids is 1. The van der Waals surface area contributed by atoms with Crippen molar-refractivity contribution >= 4 is 11.6 Å². The van der Waals surface area contributed by atoms with Crippen LogP contribution in [0.4, 0.5) is 5.69 Å². The van der Waals surface area contributed by atoms with E-state index in [4.69, 9.17) is 4.74 Å². The lowest BCUT2D eigenvalue weighted by Gasteiger charge is -2.39. The van der Waals surface area contributed by atoms with Crippen molar-refractivity contribution < 1.29 is 9.53 Å². The highest BCUT2D eigenvalue weighted by molar-refractivity contribution is 5.79. The van der Waals surface area contributed by atoms with Gasteiger partial charge in [-0.1, -0.05) is 0 Å². The fourth-order valence-electron chi connectivity index (χ4n) is 4.14. The molecule has 1 atom stereocenters. The summed E-state index contributed by atoms with van der Waals surface area (Å²) < 4.78 is 5.21. The number of carbonyl (C=O) groups is 1. The fraction of sp³-hybridized carbons (Fsp3) is 0.667. The quantitative estimate of drug-likeness (QED) is 0.877. The molecule has 5 nitrogen and oxygen atoms in total. The summed E-state index contributed by atoms with van der Waals surface area (Å²) >= 11 is 0. The Morgan fingerprint density at radius 2 is 1.81 bits per heavy atom. The fourth-order valence-corrected chi connectivity index (χ4v) is 4.14. The van der Waals surface area contributed by atoms with E-state index in [1.807, 2.05) is 24.3 Å². The maximum atomic E-state index is 13.0. The Morgan fingerprint density at radius 1 is 1.12 bits per heavy atom. The zero-order valence-electron chi connectivity index (χ0n) is 16.4. The predicted molar refractivity (Wildman–Crippen MR) is 106 cm³/mol. The van der Waals surface area contributed by atoms with Gasteiger partial charge in [0.05, 0.1) is 7.11 Å². The second-order valence-electron chi connectivity index (χ2n) is 7.90. The van der Waals surface area contributed by atoms with Crippen LogP contribution in [0.1, 0.15) is 39.5 Å². The Morgan fingerprint density at radius 3 is 2.42 bits per heavy atom. The standard InChI is InChI=1S/C21H33N3O2/c1-16(2)23-13-10-17(11-14-23)21(25)24-12-4-5-19(15-24)22-18-6-8-20(26-3)9-7-18/h6-9,16-17,19,22H,4-5,10-15H2,1-3H3/t19-/m1/s1. The summed E-state index contributed by atoms with van der Waals surface area (Å²) in [5.74, 6) is 1.45. The van der Waals surface area contributed by atoms with E-state index in [0.717, 1.165) is 63.3 Å². The van der Waals surface area contributed by atoms with Crippen LogP contribution in [0.15, 0.2) is 24.3 Å². The Labute approximate surface area is 157 Å². The van der Waals surface area contributed by atoms with Gasteiger partial charge in [-0.3, -0.25) is 4.79 Å². The lowest BCUT2D eigenvalue weighted by Crippen LogP contribution is -2.49. The van der Waals surface area contributed by atoms with Crippen molar-refractivity contribution in [3.8, 4) is 5.75 Å². The molecule has 3 rings (SSSR count). The smallest absolute Gasteiger partial charge is 0.225 e. The van der Waals surface area contributed by atoms with E-state index in [1.165, 1.54) is 0 Å². The topological polar surface area (TPSA) is 44.8 Å². The summed E-state index contributed by atoms with van der Waals surface area (Å²) in [5, 5.41) is 3.58. The van der Waals surface area contributed by atoms with Crippen LogP contribution >= 0.6 is 0 Å². The van der Waals surface area contributed by atoms with Crippen LogP contribution in [0.5, 0.6) is 5.75 Å².